The molecule has 134 valence electrons. The summed E-state index contributed by atoms with van der Waals surface area (Å²) >= 11 is 1.98. The van der Waals surface area contributed by atoms with Crippen LogP contribution in [0.5, 0.6) is 11.5 Å². The number of thioether (sulfide) groups is 1. The zero-order chi connectivity index (χ0) is 16.8. The minimum Gasteiger partial charge on any atom is -0.493 e. The molecule has 6 heteroatoms. The van der Waals surface area contributed by atoms with Crippen LogP contribution in [0.3, 0.4) is 0 Å². The van der Waals surface area contributed by atoms with Gasteiger partial charge in [0.05, 0.1) is 7.11 Å². The number of benzene rings is 1. The average molecular weight is 353 g/mol. The molecule has 0 saturated carbocycles. The fourth-order valence-corrected chi connectivity index (χ4v) is 4.03. The molecule has 2 saturated heterocycles. The summed E-state index contributed by atoms with van der Waals surface area (Å²) in [4.78, 5) is 4.72. The highest BCUT2D eigenvalue weighted by atomic mass is 32.2. The Morgan fingerprint density at radius 2 is 1.92 bits per heavy atom. The molecular formula is C18H28N2O3S. The molecule has 1 N–H and O–H groups in total. The van der Waals surface area contributed by atoms with Crippen molar-refractivity contribution < 1.29 is 14.6 Å². The first kappa shape index (κ1) is 17.9. The predicted octanol–water partition coefficient (Wildman–Crippen LogP) is 1.69. The zero-order valence-corrected chi connectivity index (χ0v) is 15.3. The van der Waals surface area contributed by atoms with E-state index in [2.05, 4.69) is 15.9 Å². The molecule has 3 rings (SSSR count). The molecule has 5 nitrogen and oxygen atoms in total. The predicted molar refractivity (Wildman–Crippen MR) is 98.2 cm³/mol. The van der Waals surface area contributed by atoms with E-state index in [0.29, 0.717) is 18.9 Å². The largest absolute Gasteiger partial charge is 0.493 e. The van der Waals surface area contributed by atoms with Crippen molar-refractivity contribution in [1.82, 2.24) is 9.80 Å². The number of nitrogens with zero attached hydrogens (tertiary/aromatic N) is 2. The molecule has 0 amide bonds. The number of methoxy groups -OCH3 is 1. The van der Waals surface area contributed by atoms with Crippen LogP contribution in [-0.2, 0) is 6.54 Å². The third-order valence-corrected chi connectivity index (χ3v) is 5.53. The molecule has 1 aromatic rings. The number of ether oxygens (including phenoxy) is 2. The van der Waals surface area contributed by atoms with Crippen molar-refractivity contribution >= 4 is 11.8 Å². The Bertz CT molecular complexity index is 519. The lowest BCUT2D eigenvalue weighted by molar-refractivity contribution is 0.0704. The zero-order valence-electron chi connectivity index (χ0n) is 14.4. The van der Waals surface area contributed by atoms with Gasteiger partial charge in [-0.15, -0.1) is 0 Å². The fraction of sp³-hybridized carbons (Fsp3) is 0.667. The van der Waals surface area contributed by atoms with Crippen LogP contribution in [-0.4, -0.2) is 79.0 Å². The molecule has 0 aromatic heterocycles. The maximum absolute atomic E-state index is 10.2. The molecular weight excluding hydrogens is 324 g/mol. The third-order valence-electron chi connectivity index (χ3n) is 4.59. The normalized spacial score (nSPS) is 20.4. The van der Waals surface area contributed by atoms with E-state index in [1.807, 2.05) is 23.9 Å². The molecule has 0 spiro atoms. The SMILES string of the molecule is COc1cc(CN2CCC2)ccc1OC[C@H](O)CN1CCSCC1. The molecule has 0 bridgehead atoms. The van der Waals surface area contributed by atoms with Gasteiger partial charge < -0.3 is 14.6 Å². The van der Waals surface area contributed by atoms with Gasteiger partial charge in [-0.3, -0.25) is 9.80 Å². The summed E-state index contributed by atoms with van der Waals surface area (Å²) in [5.74, 6) is 3.76. The monoisotopic (exact) mass is 352 g/mol. The molecule has 2 aliphatic heterocycles. The van der Waals surface area contributed by atoms with Crippen molar-refractivity contribution in [2.24, 2.45) is 0 Å². The minimum absolute atomic E-state index is 0.297. The second-order valence-electron chi connectivity index (χ2n) is 6.49. The number of hydrogen-bond donors (Lipinski definition) is 1. The van der Waals surface area contributed by atoms with Gasteiger partial charge in [0, 0.05) is 37.7 Å². The number of rotatable bonds is 8. The molecule has 1 atom stereocenters. The van der Waals surface area contributed by atoms with E-state index in [4.69, 9.17) is 9.47 Å². The standard InChI is InChI=1S/C18H28N2O3S/c1-22-18-11-15(12-19-5-2-6-19)3-4-17(18)23-14-16(21)13-20-7-9-24-10-8-20/h3-4,11,16,21H,2,5-10,12-14H2,1H3/t16-/m1/s1. The summed E-state index contributed by atoms with van der Waals surface area (Å²) in [5.41, 5.74) is 1.24. The van der Waals surface area contributed by atoms with Crippen LogP contribution in [0.4, 0.5) is 0 Å². The Morgan fingerprint density at radius 1 is 1.12 bits per heavy atom. The molecule has 2 aliphatic rings. The maximum atomic E-state index is 10.2. The maximum Gasteiger partial charge on any atom is 0.161 e. The van der Waals surface area contributed by atoms with Crippen molar-refractivity contribution in [2.45, 2.75) is 19.1 Å². The Labute approximate surface area is 148 Å². The van der Waals surface area contributed by atoms with Crippen molar-refractivity contribution in [3.05, 3.63) is 23.8 Å². The molecule has 2 heterocycles. The molecule has 0 radical (unpaired) electrons. The van der Waals surface area contributed by atoms with Gasteiger partial charge in [-0.05, 0) is 37.2 Å². The Kier molecular flexibility index (Phi) is 6.66. The highest BCUT2D eigenvalue weighted by molar-refractivity contribution is 7.99. The van der Waals surface area contributed by atoms with Crippen molar-refractivity contribution in [1.29, 1.82) is 0 Å². The first-order valence-electron chi connectivity index (χ1n) is 8.75. The smallest absolute Gasteiger partial charge is 0.161 e. The number of aliphatic hydroxyl groups excluding tert-OH is 1. The molecule has 1 aromatic carbocycles. The van der Waals surface area contributed by atoms with Gasteiger partial charge in [-0.1, -0.05) is 6.07 Å². The molecule has 24 heavy (non-hydrogen) atoms. The Balaban J connectivity index is 1.49. The number of aliphatic hydroxyl groups is 1. The van der Waals surface area contributed by atoms with Gasteiger partial charge >= 0.3 is 0 Å². The van der Waals surface area contributed by atoms with E-state index >= 15 is 0 Å². The third kappa shape index (κ3) is 5.02. The minimum atomic E-state index is -0.474. The van der Waals surface area contributed by atoms with Gasteiger partial charge in [0.15, 0.2) is 11.5 Å². The van der Waals surface area contributed by atoms with Gasteiger partial charge in [0.1, 0.15) is 12.7 Å². The van der Waals surface area contributed by atoms with Crippen LogP contribution in [0.2, 0.25) is 0 Å². The van der Waals surface area contributed by atoms with Gasteiger partial charge in [-0.2, -0.15) is 11.8 Å². The van der Waals surface area contributed by atoms with E-state index in [0.717, 1.165) is 36.9 Å². The lowest BCUT2D eigenvalue weighted by Crippen LogP contribution is -2.40. The average Bonchev–Trinajstić information content (AvgIpc) is 2.57. The number of β-amino-alcohol motifs (C(OH)–C–C–N with tert-alkyl or cyclic N) is 1. The van der Waals surface area contributed by atoms with Crippen LogP contribution in [0.1, 0.15) is 12.0 Å². The summed E-state index contributed by atoms with van der Waals surface area (Å²) in [6.45, 7) is 6.41. The van der Waals surface area contributed by atoms with Crippen LogP contribution in [0.25, 0.3) is 0 Å². The second kappa shape index (κ2) is 8.94. The quantitative estimate of drug-likeness (QED) is 0.768. The van der Waals surface area contributed by atoms with E-state index in [-0.39, 0.29) is 0 Å². The lowest BCUT2D eigenvalue weighted by Gasteiger charge is -2.30. The second-order valence-corrected chi connectivity index (χ2v) is 7.72. The highest BCUT2D eigenvalue weighted by Gasteiger charge is 2.17. The first-order valence-corrected chi connectivity index (χ1v) is 9.90. The summed E-state index contributed by atoms with van der Waals surface area (Å²) in [6.07, 6.45) is 0.824. The fourth-order valence-electron chi connectivity index (χ4n) is 3.05. The molecule has 2 fully saturated rings. The van der Waals surface area contributed by atoms with E-state index in [1.165, 1.54) is 25.1 Å². The van der Waals surface area contributed by atoms with Crippen molar-refractivity contribution in [3.8, 4) is 11.5 Å². The van der Waals surface area contributed by atoms with Crippen molar-refractivity contribution in [3.63, 3.8) is 0 Å². The topological polar surface area (TPSA) is 45.2 Å². The van der Waals surface area contributed by atoms with Gasteiger partial charge in [-0.25, -0.2) is 0 Å². The van der Waals surface area contributed by atoms with Gasteiger partial charge in [0.2, 0.25) is 0 Å². The molecule has 0 aliphatic carbocycles. The number of likely N-dealkylation sites (tertiary alicyclic amines) is 1. The van der Waals surface area contributed by atoms with Crippen LogP contribution < -0.4 is 9.47 Å². The van der Waals surface area contributed by atoms with E-state index in [9.17, 15) is 5.11 Å². The van der Waals surface area contributed by atoms with Crippen molar-refractivity contribution in [2.75, 3.05) is 57.9 Å². The summed E-state index contributed by atoms with van der Waals surface area (Å²) in [7, 11) is 1.66. The van der Waals surface area contributed by atoms with Crippen LogP contribution >= 0.6 is 11.8 Å². The highest BCUT2D eigenvalue weighted by Crippen LogP contribution is 2.29. The first-order chi connectivity index (χ1) is 11.7. The molecule has 0 unspecified atom stereocenters. The van der Waals surface area contributed by atoms with E-state index < -0.39 is 6.10 Å². The summed E-state index contributed by atoms with van der Waals surface area (Å²) in [6, 6.07) is 6.09. The van der Waals surface area contributed by atoms with Crippen LogP contribution in [0.15, 0.2) is 18.2 Å². The van der Waals surface area contributed by atoms with E-state index in [1.54, 1.807) is 7.11 Å². The summed E-state index contributed by atoms with van der Waals surface area (Å²) in [5, 5.41) is 10.2. The summed E-state index contributed by atoms with van der Waals surface area (Å²) < 4.78 is 11.3. The Morgan fingerprint density at radius 3 is 2.58 bits per heavy atom. The number of hydrogen-bond acceptors (Lipinski definition) is 6. The van der Waals surface area contributed by atoms with Gasteiger partial charge in [0.25, 0.3) is 0 Å². The van der Waals surface area contributed by atoms with Crippen LogP contribution in [0, 0.1) is 0 Å². The Hall–Kier alpha value is -0.950. The lowest BCUT2D eigenvalue weighted by atomic mass is 10.1.